The van der Waals surface area contributed by atoms with Crippen LogP contribution in [0.15, 0.2) is 34.9 Å². The first-order valence-electron chi connectivity index (χ1n) is 8.51. The number of piperidine rings is 1. The van der Waals surface area contributed by atoms with Crippen LogP contribution >= 0.6 is 15.9 Å². The summed E-state index contributed by atoms with van der Waals surface area (Å²) in [6, 6.07) is 6.19. The fourth-order valence-electron chi connectivity index (χ4n) is 3.23. The highest BCUT2D eigenvalue weighted by Gasteiger charge is 2.46. The quantitative estimate of drug-likeness (QED) is 0.728. The molecular weight excluding hydrogens is 463 g/mol. The lowest BCUT2D eigenvalue weighted by Gasteiger charge is -2.36. The van der Waals surface area contributed by atoms with Crippen molar-refractivity contribution < 1.29 is 26.4 Å². The van der Waals surface area contributed by atoms with Gasteiger partial charge in [-0.3, -0.25) is 9.78 Å². The van der Waals surface area contributed by atoms with Crippen LogP contribution in [0.25, 0.3) is 10.9 Å². The molecule has 0 spiro atoms. The second-order valence-electron chi connectivity index (χ2n) is 6.47. The van der Waals surface area contributed by atoms with E-state index >= 15 is 0 Å². The molecule has 11 heteroatoms. The zero-order chi connectivity index (χ0) is 20.5. The smallest absolute Gasteiger partial charge is 0.334 e. The van der Waals surface area contributed by atoms with Crippen LogP contribution in [0.5, 0.6) is 0 Å². The van der Waals surface area contributed by atoms with Gasteiger partial charge >= 0.3 is 15.5 Å². The molecule has 28 heavy (non-hydrogen) atoms. The van der Waals surface area contributed by atoms with E-state index in [9.17, 15) is 26.4 Å². The van der Waals surface area contributed by atoms with Crippen LogP contribution in [0.4, 0.5) is 13.2 Å². The number of likely N-dealkylation sites (tertiary alicyclic amines) is 1. The van der Waals surface area contributed by atoms with Crippen molar-refractivity contribution in [3.8, 4) is 0 Å². The molecule has 1 saturated heterocycles. The Morgan fingerprint density at radius 2 is 2.04 bits per heavy atom. The molecule has 0 radical (unpaired) electrons. The van der Waals surface area contributed by atoms with Crippen LogP contribution in [0.1, 0.15) is 29.6 Å². The van der Waals surface area contributed by atoms with Crippen molar-refractivity contribution in [1.29, 1.82) is 0 Å². The summed E-state index contributed by atoms with van der Waals surface area (Å²) in [5, 5.41) is 0.613. The van der Waals surface area contributed by atoms with E-state index in [0.717, 1.165) is 4.47 Å². The van der Waals surface area contributed by atoms with E-state index in [1.807, 2.05) is 0 Å². The number of halogens is 4. The molecular formula is C17H17BrF3N3O3S. The number of pyridine rings is 1. The number of nitrogens with one attached hydrogen (secondary N) is 1. The molecule has 152 valence electrons. The van der Waals surface area contributed by atoms with E-state index in [-0.39, 0.29) is 5.91 Å². The molecule has 0 bridgehead atoms. The predicted octanol–water partition coefficient (Wildman–Crippen LogP) is 3.43. The van der Waals surface area contributed by atoms with E-state index < -0.39 is 28.1 Å². The number of benzene rings is 1. The van der Waals surface area contributed by atoms with Gasteiger partial charge in [-0.05, 0) is 43.5 Å². The number of hydrogen-bond acceptors (Lipinski definition) is 4. The minimum absolute atomic E-state index is 0.342. The number of carbonyl (C=O) groups excluding carboxylic acids is 1. The van der Waals surface area contributed by atoms with Crippen LogP contribution in [0.2, 0.25) is 0 Å². The SMILES string of the molecule is O=C(c1ccnc2ccc(Br)cc12)N1CCCC[C@@H]1CNS(=O)(=O)C(F)(F)F. The number of hydrogen-bond donors (Lipinski definition) is 1. The van der Waals surface area contributed by atoms with Crippen molar-refractivity contribution in [1.82, 2.24) is 14.6 Å². The second-order valence-corrected chi connectivity index (χ2v) is 9.14. The summed E-state index contributed by atoms with van der Waals surface area (Å²) < 4.78 is 62.7. The zero-order valence-electron chi connectivity index (χ0n) is 14.5. The summed E-state index contributed by atoms with van der Waals surface area (Å²) in [4.78, 5) is 18.8. The molecule has 6 nitrogen and oxygen atoms in total. The largest absolute Gasteiger partial charge is 0.511 e. The van der Waals surface area contributed by atoms with E-state index in [2.05, 4.69) is 20.9 Å². The highest BCUT2D eigenvalue weighted by molar-refractivity contribution is 9.10. The van der Waals surface area contributed by atoms with E-state index in [4.69, 9.17) is 0 Å². The van der Waals surface area contributed by atoms with E-state index in [1.54, 1.807) is 29.0 Å². The molecule has 1 aromatic heterocycles. The van der Waals surface area contributed by atoms with Gasteiger partial charge in [0, 0.05) is 35.2 Å². The summed E-state index contributed by atoms with van der Waals surface area (Å²) in [7, 11) is -5.46. The molecule has 2 aromatic rings. The van der Waals surface area contributed by atoms with Crippen LogP contribution < -0.4 is 4.72 Å². The van der Waals surface area contributed by atoms with Crippen molar-refractivity contribution >= 4 is 42.8 Å². The van der Waals surface area contributed by atoms with Crippen LogP contribution in [-0.4, -0.2) is 48.8 Å². The first-order chi connectivity index (χ1) is 13.1. The third kappa shape index (κ3) is 4.31. The molecule has 1 aromatic carbocycles. The molecule has 0 aliphatic carbocycles. The lowest BCUT2D eigenvalue weighted by molar-refractivity contribution is -0.0449. The molecule has 1 fully saturated rings. The maximum absolute atomic E-state index is 13.1. The minimum Gasteiger partial charge on any atom is -0.334 e. The molecule has 2 heterocycles. The van der Waals surface area contributed by atoms with E-state index in [1.165, 1.54) is 11.1 Å². The Kier molecular flexibility index (Phi) is 5.97. The lowest BCUT2D eigenvalue weighted by Crippen LogP contribution is -2.51. The summed E-state index contributed by atoms with van der Waals surface area (Å²) in [5.74, 6) is -0.360. The third-order valence-corrected chi connectivity index (χ3v) is 6.29. The third-order valence-electron chi connectivity index (χ3n) is 4.64. The second kappa shape index (κ2) is 7.96. The summed E-state index contributed by atoms with van der Waals surface area (Å²) in [5.41, 5.74) is -4.40. The maximum atomic E-state index is 13.1. The van der Waals surface area contributed by atoms with Crippen molar-refractivity contribution in [2.75, 3.05) is 13.1 Å². The summed E-state index contributed by atoms with van der Waals surface area (Å²) >= 11 is 3.35. The van der Waals surface area contributed by atoms with Gasteiger partial charge in [-0.25, -0.2) is 13.1 Å². The van der Waals surface area contributed by atoms with Crippen LogP contribution in [-0.2, 0) is 10.0 Å². The van der Waals surface area contributed by atoms with Gasteiger partial charge in [-0.15, -0.1) is 0 Å². The average molecular weight is 480 g/mol. The highest BCUT2D eigenvalue weighted by Crippen LogP contribution is 2.26. The maximum Gasteiger partial charge on any atom is 0.511 e. The number of nitrogens with zero attached hydrogens (tertiary/aromatic N) is 2. The number of rotatable bonds is 4. The van der Waals surface area contributed by atoms with Gasteiger partial charge in [-0.1, -0.05) is 15.9 Å². The minimum atomic E-state index is -5.46. The number of aromatic nitrogens is 1. The number of amides is 1. The van der Waals surface area contributed by atoms with Gasteiger partial charge in [0.15, 0.2) is 0 Å². The van der Waals surface area contributed by atoms with Crippen molar-refractivity contribution in [3.05, 3.63) is 40.5 Å². The van der Waals surface area contributed by atoms with Gasteiger partial charge in [0.05, 0.1) is 11.1 Å². The van der Waals surface area contributed by atoms with Gasteiger partial charge in [0.25, 0.3) is 5.91 Å². The Bertz CT molecular complexity index is 998. The number of sulfonamides is 1. The average Bonchev–Trinajstić information content (AvgIpc) is 2.64. The Balaban J connectivity index is 1.87. The highest BCUT2D eigenvalue weighted by atomic mass is 79.9. The van der Waals surface area contributed by atoms with E-state index in [0.29, 0.717) is 42.3 Å². The molecule has 3 rings (SSSR count). The monoisotopic (exact) mass is 479 g/mol. The van der Waals surface area contributed by atoms with Crippen molar-refractivity contribution in [2.45, 2.75) is 30.8 Å². The Hall–Kier alpha value is -1.72. The summed E-state index contributed by atoms with van der Waals surface area (Å²) in [6.07, 6.45) is 3.30. The van der Waals surface area contributed by atoms with Crippen LogP contribution in [0.3, 0.4) is 0 Å². The number of carbonyl (C=O) groups is 1. The van der Waals surface area contributed by atoms with Gasteiger partial charge in [-0.2, -0.15) is 13.2 Å². The molecule has 1 amide bonds. The van der Waals surface area contributed by atoms with Gasteiger partial charge in [0.2, 0.25) is 0 Å². The molecule has 0 unspecified atom stereocenters. The molecule has 1 aliphatic rings. The molecule has 0 saturated carbocycles. The topological polar surface area (TPSA) is 79.4 Å². The van der Waals surface area contributed by atoms with Crippen LogP contribution in [0, 0.1) is 0 Å². The van der Waals surface area contributed by atoms with Crippen molar-refractivity contribution in [3.63, 3.8) is 0 Å². The lowest BCUT2D eigenvalue weighted by atomic mass is 10.00. The number of fused-ring (bicyclic) bond motifs is 1. The molecule has 1 atom stereocenters. The standard InChI is InChI=1S/C17H17BrF3N3O3S/c18-11-4-5-15-14(9-11)13(6-7-22-15)16(25)24-8-2-1-3-12(24)10-23-28(26,27)17(19,20)21/h4-7,9,12,23H,1-3,8,10H2/t12-/m1/s1. The first-order valence-corrected chi connectivity index (χ1v) is 10.8. The number of alkyl halides is 3. The molecule has 1 N–H and O–H groups in total. The fraction of sp³-hybridized carbons (Fsp3) is 0.412. The van der Waals surface area contributed by atoms with Gasteiger partial charge < -0.3 is 4.90 Å². The Morgan fingerprint density at radius 3 is 2.75 bits per heavy atom. The van der Waals surface area contributed by atoms with Gasteiger partial charge in [0.1, 0.15) is 0 Å². The fourth-order valence-corrected chi connectivity index (χ4v) is 4.16. The zero-order valence-corrected chi connectivity index (χ0v) is 16.9. The Morgan fingerprint density at radius 1 is 1.29 bits per heavy atom. The normalized spacial score (nSPS) is 18.4. The van der Waals surface area contributed by atoms with Crippen molar-refractivity contribution in [2.24, 2.45) is 0 Å². The first kappa shape index (κ1) is 21.0. The predicted molar refractivity (Wildman–Crippen MR) is 101 cm³/mol. The summed E-state index contributed by atoms with van der Waals surface area (Å²) in [6.45, 7) is -0.143. The Labute approximate surface area is 168 Å². The molecule has 1 aliphatic heterocycles.